The normalized spacial score (nSPS) is 13.0. The van der Waals surface area contributed by atoms with E-state index in [1.54, 1.807) is 25.3 Å². The Hall–Kier alpha value is -2.77. The summed E-state index contributed by atoms with van der Waals surface area (Å²) < 4.78 is 5.65. The van der Waals surface area contributed by atoms with Gasteiger partial charge in [-0.3, -0.25) is 9.59 Å². The fourth-order valence-corrected chi connectivity index (χ4v) is 3.37. The van der Waals surface area contributed by atoms with Crippen LogP contribution in [0.1, 0.15) is 32.8 Å². The van der Waals surface area contributed by atoms with Gasteiger partial charge in [-0.15, -0.1) is 0 Å². The quantitative estimate of drug-likeness (QED) is 0.377. The van der Waals surface area contributed by atoms with E-state index >= 15 is 0 Å². The number of hydrogen-bond acceptors (Lipinski definition) is 5. The molecule has 2 amide bonds. The zero-order valence-electron chi connectivity index (χ0n) is 19.4. The maximum Gasteiger partial charge on any atom is 0.262 e. The molecule has 2 aromatic rings. The second kappa shape index (κ2) is 12.5. The molecule has 0 spiro atoms. The van der Waals surface area contributed by atoms with Crippen LogP contribution in [0, 0.1) is 5.92 Å². The van der Waals surface area contributed by atoms with Gasteiger partial charge in [0.05, 0.1) is 11.2 Å². The van der Waals surface area contributed by atoms with Gasteiger partial charge < -0.3 is 15.0 Å². The van der Waals surface area contributed by atoms with Crippen molar-refractivity contribution >= 4 is 46.9 Å². The molecule has 0 heterocycles. The van der Waals surface area contributed by atoms with E-state index in [0.29, 0.717) is 22.2 Å². The summed E-state index contributed by atoms with van der Waals surface area (Å²) in [4.78, 5) is 27.4. The number of rotatable bonds is 10. The molecule has 7 nitrogen and oxygen atoms in total. The van der Waals surface area contributed by atoms with E-state index in [1.165, 1.54) is 6.07 Å². The molecule has 0 saturated carbocycles. The van der Waals surface area contributed by atoms with Gasteiger partial charge in [-0.1, -0.05) is 49.2 Å². The van der Waals surface area contributed by atoms with E-state index in [0.717, 1.165) is 11.3 Å². The van der Waals surface area contributed by atoms with Crippen molar-refractivity contribution in [2.75, 3.05) is 19.0 Å². The first-order chi connectivity index (χ1) is 15.6. The lowest BCUT2D eigenvalue weighted by Crippen LogP contribution is -2.49. The van der Waals surface area contributed by atoms with E-state index in [-0.39, 0.29) is 5.92 Å². The third kappa shape index (κ3) is 8.59. The summed E-state index contributed by atoms with van der Waals surface area (Å²) in [6.07, 6.45) is 1.13. The van der Waals surface area contributed by atoms with Gasteiger partial charge in [0.25, 0.3) is 11.8 Å². The van der Waals surface area contributed by atoms with E-state index in [2.05, 4.69) is 15.8 Å². The van der Waals surface area contributed by atoms with Crippen LogP contribution in [0.25, 0.3) is 0 Å². The molecule has 0 aliphatic heterocycles. The van der Waals surface area contributed by atoms with E-state index in [9.17, 15) is 9.59 Å². The lowest BCUT2D eigenvalue weighted by atomic mass is 10.0. The van der Waals surface area contributed by atoms with Crippen molar-refractivity contribution in [2.45, 2.75) is 39.3 Å². The van der Waals surface area contributed by atoms with Crippen LogP contribution in [0.15, 0.2) is 47.6 Å². The Morgan fingerprint density at radius 1 is 1.06 bits per heavy atom. The molecule has 0 aromatic heterocycles. The predicted octanol–water partition coefficient (Wildman–Crippen LogP) is 4.51. The molecular formula is C24H30Cl2N4O3. The lowest BCUT2D eigenvalue weighted by Gasteiger charge is -2.22. The Kier molecular flexibility index (Phi) is 10.0. The van der Waals surface area contributed by atoms with Gasteiger partial charge in [0, 0.05) is 24.8 Å². The van der Waals surface area contributed by atoms with Gasteiger partial charge in [-0.2, -0.15) is 5.10 Å². The van der Waals surface area contributed by atoms with Gasteiger partial charge in [-0.25, -0.2) is 5.43 Å². The standard InChI is InChI=1S/C24H30Cl2N4O3/c1-15(2)12-21(24(32)29-27-14-17-6-9-19(10-7-17)30(4)5)28-23(31)16(3)33-22-11-8-18(25)13-20(22)26/h6-11,13-16,21H,12H2,1-5H3,(H,28,31)(H,29,32)/b27-14-/t16-,21-/m0/s1. The molecule has 178 valence electrons. The van der Waals surface area contributed by atoms with E-state index in [1.807, 2.05) is 57.1 Å². The van der Waals surface area contributed by atoms with Crippen LogP contribution >= 0.6 is 23.2 Å². The minimum absolute atomic E-state index is 0.172. The van der Waals surface area contributed by atoms with Crippen molar-refractivity contribution in [1.29, 1.82) is 0 Å². The maximum atomic E-state index is 12.7. The van der Waals surface area contributed by atoms with Crippen LogP contribution in [0.3, 0.4) is 0 Å². The molecule has 2 atom stereocenters. The molecule has 0 unspecified atom stereocenters. The van der Waals surface area contributed by atoms with Gasteiger partial charge in [0.15, 0.2) is 6.10 Å². The topological polar surface area (TPSA) is 83.0 Å². The van der Waals surface area contributed by atoms with Gasteiger partial charge in [0.2, 0.25) is 0 Å². The van der Waals surface area contributed by atoms with Crippen LogP contribution in [-0.2, 0) is 9.59 Å². The van der Waals surface area contributed by atoms with Crippen molar-refractivity contribution in [1.82, 2.24) is 10.7 Å². The minimum atomic E-state index is -0.871. The van der Waals surface area contributed by atoms with E-state index in [4.69, 9.17) is 27.9 Å². The summed E-state index contributed by atoms with van der Waals surface area (Å²) in [6.45, 7) is 5.52. The van der Waals surface area contributed by atoms with Crippen LogP contribution < -0.4 is 20.4 Å². The minimum Gasteiger partial charge on any atom is -0.479 e. The average molecular weight is 493 g/mol. The second-order valence-electron chi connectivity index (χ2n) is 8.25. The zero-order valence-corrected chi connectivity index (χ0v) is 20.9. The molecule has 2 N–H and O–H groups in total. The first kappa shape index (κ1) is 26.5. The zero-order chi connectivity index (χ0) is 24.5. The smallest absolute Gasteiger partial charge is 0.262 e. The third-order valence-electron chi connectivity index (χ3n) is 4.70. The highest BCUT2D eigenvalue weighted by Gasteiger charge is 2.25. The number of hydrazone groups is 1. The third-order valence-corrected chi connectivity index (χ3v) is 5.24. The molecule has 33 heavy (non-hydrogen) atoms. The summed E-state index contributed by atoms with van der Waals surface area (Å²) in [5.74, 6) is -0.344. The van der Waals surface area contributed by atoms with Crippen molar-refractivity contribution in [3.63, 3.8) is 0 Å². The summed E-state index contributed by atoms with van der Waals surface area (Å²) in [5, 5.41) is 7.54. The summed E-state index contributed by atoms with van der Waals surface area (Å²) in [5.41, 5.74) is 4.41. The van der Waals surface area contributed by atoms with Crippen LogP contribution in [0.4, 0.5) is 5.69 Å². The number of carbonyl (C=O) groups is 2. The van der Waals surface area contributed by atoms with Crippen LogP contribution in [0.5, 0.6) is 5.75 Å². The lowest BCUT2D eigenvalue weighted by molar-refractivity contribution is -0.132. The van der Waals surface area contributed by atoms with Crippen molar-refractivity contribution < 1.29 is 14.3 Å². The van der Waals surface area contributed by atoms with Crippen LogP contribution in [0.2, 0.25) is 10.0 Å². The molecule has 0 bridgehead atoms. The molecule has 9 heteroatoms. The predicted molar refractivity (Wildman–Crippen MR) is 134 cm³/mol. The molecule has 0 aliphatic rings. The fourth-order valence-electron chi connectivity index (χ4n) is 2.91. The summed E-state index contributed by atoms with van der Waals surface area (Å²) >= 11 is 12.0. The van der Waals surface area contributed by atoms with Gasteiger partial charge in [0.1, 0.15) is 11.8 Å². The average Bonchev–Trinajstić information content (AvgIpc) is 2.75. The van der Waals surface area contributed by atoms with Gasteiger partial charge in [-0.05, 0) is 55.2 Å². The van der Waals surface area contributed by atoms with E-state index < -0.39 is 24.0 Å². The SMILES string of the molecule is CC(C)C[C@H](NC(=O)[C@H](C)Oc1ccc(Cl)cc1Cl)C(=O)N/N=C\c1ccc(N(C)C)cc1. The first-order valence-corrected chi connectivity index (χ1v) is 11.3. The Morgan fingerprint density at radius 2 is 1.73 bits per heavy atom. The number of anilines is 1. The molecule has 0 radical (unpaired) electrons. The van der Waals surface area contributed by atoms with Crippen molar-refractivity contribution in [3.8, 4) is 5.75 Å². The highest BCUT2D eigenvalue weighted by atomic mass is 35.5. The summed E-state index contributed by atoms with van der Waals surface area (Å²) in [6, 6.07) is 11.7. The summed E-state index contributed by atoms with van der Waals surface area (Å²) in [7, 11) is 3.92. The number of ether oxygens (including phenoxy) is 1. The number of halogens is 2. The van der Waals surface area contributed by atoms with Crippen molar-refractivity contribution in [2.24, 2.45) is 11.0 Å². The largest absolute Gasteiger partial charge is 0.479 e. The number of carbonyl (C=O) groups excluding carboxylic acids is 2. The highest BCUT2D eigenvalue weighted by molar-refractivity contribution is 6.35. The number of nitrogens with one attached hydrogen (secondary N) is 2. The molecule has 0 aliphatic carbocycles. The Balaban J connectivity index is 1.98. The van der Waals surface area contributed by atoms with Crippen LogP contribution in [-0.4, -0.2) is 44.3 Å². The van der Waals surface area contributed by atoms with Gasteiger partial charge >= 0.3 is 0 Å². The Bertz CT molecular complexity index is 978. The Morgan fingerprint density at radius 3 is 2.30 bits per heavy atom. The highest BCUT2D eigenvalue weighted by Crippen LogP contribution is 2.28. The molecule has 0 fully saturated rings. The number of benzene rings is 2. The Labute approximate surface area is 205 Å². The number of nitrogens with zero attached hydrogens (tertiary/aromatic N) is 2. The number of amides is 2. The second-order valence-corrected chi connectivity index (χ2v) is 9.09. The molecule has 2 aromatic carbocycles. The molecular weight excluding hydrogens is 463 g/mol. The fraction of sp³-hybridized carbons (Fsp3) is 0.375. The van der Waals surface area contributed by atoms with Crippen molar-refractivity contribution in [3.05, 3.63) is 58.1 Å². The molecule has 2 rings (SSSR count). The molecule has 0 saturated heterocycles. The number of hydrogen-bond donors (Lipinski definition) is 2. The first-order valence-electron chi connectivity index (χ1n) is 10.6. The maximum absolute atomic E-state index is 12.7. The monoisotopic (exact) mass is 492 g/mol.